The zero-order chi connectivity index (χ0) is 22.2. The van der Waals surface area contributed by atoms with Crippen molar-refractivity contribution < 1.29 is 4.39 Å². The van der Waals surface area contributed by atoms with Crippen molar-refractivity contribution in [1.29, 1.82) is 0 Å². The quantitative estimate of drug-likeness (QED) is 0.263. The molecule has 4 nitrogen and oxygen atoms in total. The van der Waals surface area contributed by atoms with Crippen LogP contribution in [0, 0.1) is 5.82 Å². The average molecular weight is 420 g/mol. The highest BCUT2D eigenvalue weighted by Gasteiger charge is 2.13. The van der Waals surface area contributed by atoms with Gasteiger partial charge in [0.05, 0.1) is 0 Å². The van der Waals surface area contributed by atoms with E-state index in [1.54, 1.807) is 24.4 Å². The smallest absolute Gasteiger partial charge is 0.164 e. The average Bonchev–Trinajstić information content (AvgIpc) is 2.86. The molecule has 0 bridgehead atoms. The van der Waals surface area contributed by atoms with Crippen LogP contribution in [0.25, 0.3) is 34.2 Å². The van der Waals surface area contributed by atoms with Crippen LogP contribution in [0.5, 0.6) is 0 Å². The van der Waals surface area contributed by atoms with Crippen LogP contribution >= 0.6 is 0 Å². The first-order valence-electron chi connectivity index (χ1n) is 10.2. The molecule has 0 fully saturated rings. The second kappa shape index (κ2) is 10.2. The molecule has 1 aromatic heterocycles. The zero-order valence-electron chi connectivity index (χ0n) is 17.6. The van der Waals surface area contributed by atoms with E-state index in [2.05, 4.69) is 19.9 Å². The third-order valence-corrected chi connectivity index (χ3v) is 4.64. The Morgan fingerprint density at radius 1 is 0.688 bits per heavy atom. The molecule has 0 spiro atoms. The van der Waals surface area contributed by atoms with E-state index >= 15 is 0 Å². The predicted molar refractivity (Wildman–Crippen MR) is 128 cm³/mol. The van der Waals surface area contributed by atoms with Crippen LogP contribution in [-0.4, -0.2) is 21.2 Å². The largest absolute Gasteiger partial charge is 0.264 e. The number of nitrogens with zero attached hydrogens (tertiary/aromatic N) is 4. The van der Waals surface area contributed by atoms with E-state index < -0.39 is 0 Å². The normalized spacial score (nSPS) is 11.7. The summed E-state index contributed by atoms with van der Waals surface area (Å²) in [5.74, 6) is 1.22. The Hall–Kier alpha value is -4.25. The summed E-state index contributed by atoms with van der Waals surface area (Å²) in [6.45, 7) is 1.92. The molecule has 0 radical (unpaired) electrons. The number of hydrogen-bond donors (Lipinski definition) is 0. The first-order valence-corrected chi connectivity index (χ1v) is 10.2. The summed E-state index contributed by atoms with van der Waals surface area (Å²) in [6, 6.07) is 24.2. The molecule has 0 unspecified atom stereocenters. The van der Waals surface area contributed by atoms with Crippen LogP contribution in [0.3, 0.4) is 0 Å². The number of rotatable bonds is 6. The van der Waals surface area contributed by atoms with Crippen LogP contribution in [0.1, 0.15) is 12.5 Å². The monoisotopic (exact) mass is 420 g/mol. The molecule has 4 aromatic rings. The maximum absolute atomic E-state index is 14.4. The SMILES string of the molecule is C/C=C\C=C/N=Cc1cc(-c2nc(-c3ccccc3)nc(-c3ccccc3)n2)ccc1F. The summed E-state index contributed by atoms with van der Waals surface area (Å²) >= 11 is 0. The number of hydrogen-bond acceptors (Lipinski definition) is 4. The Morgan fingerprint density at radius 3 is 1.81 bits per heavy atom. The lowest BCUT2D eigenvalue weighted by molar-refractivity contribution is 0.626. The summed E-state index contributed by atoms with van der Waals surface area (Å²) in [5, 5.41) is 0. The van der Waals surface area contributed by atoms with Gasteiger partial charge in [-0.3, -0.25) is 4.99 Å². The highest BCUT2D eigenvalue weighted by molar-refractivity contribution is 5.83. The predicted octanol–water partition coefficient (Wildman–Crippen LogP) is 6.52. The second-order valence-corrected chi connectivity index (χ2v) is 6.92. The lowest BCUT2D eigenvalue weighted by Crippen LogP contribution is -2.01. The Labute approximate surface area is 186 Å². The molecule has 0 saturated heterocycles. The minimum Gasteiger partial charge on any atom is -0.264 e. The van der Waals surface area contributed by atoms with E-state index in [9.17, 15) is 4.39 Å². The Morgan fingerprint density at radius 2 is 1.25 bits per heavy atom. The molecule has 0 aliphatic rings. The van der Waals surface area contributed by atoms with Crippen molar-refractivity contribution in [3.05, 3.63) is 115 Å². The standard InChI is InChI=1S/C27H21FN4/c1-2-3-10-17-29-19-23-18-22(15-16-24(23)28)27-31-25(20-11-6-4-7-12-20)30-26(32-27)21-13-8-5-9-14-21/h2-19H,1H3/b3-2-,17-10-,29-19?. The van der Waals surface area contributed by atoms with Crippen LogP contribution in [-0.2, 0) is 0 Å². The first kappa shape index (κ1) is 21.0. The minimum atomic E-state index is -0.363. The van der Waals surface area contributed by atoms with Crippen molar-refractivity contribution in [2.45, 2.75) is 6.92 Å². The van der Waals surface area contributed by atoms with Gasteiger partial charge in [-0.2, -0.15) is 0 Å². The Kier molecular flexibility index (Phi) is 6.68. The number of benzene rings is 3. The number of aliphatic imine (C=N–C) groups is 1. The van der Waals surface area contributed by atoms with E-state index in [0.29, 0.717) is 28.6 Å². The van der Waals surface area contributed by atoms with Crippen molar-refractivity contribution in [3.8, 4) is 34.2 Å². The molecule has 1 heterocycles. The van der Waals surface area contributed by atoms with Gasteiger partial charge in [0.1, 0.15) is 5.82 Å². The summed E-state index contributed by atoms with van der Waals surface area (Å²) in [7, 11) is 0. The fraction of sp³-hybridized carbons (Fsp3) is 0.0370. The van der Waals surface area contributed by atoms with Gasteiger partial charge < -0.3 is 0 Å². The van der Waals surface area contributed by atoms with Crippen molar-refractivity contribution >= 4 is 6.21 Å². The van der Waals surface area contributed by atoms with Crippen LogP contribution in [0.2, 0.25) is 0 Å². The molecule has 0 amide bonds. The van der Waals surface area contributed by atoms with Gasteiger partial charge in [-0.25, -0.2) is 19.3 Å². The highest BCUT2D eigenvalue weighted by Crippen LogP contribution is 2.25. The van der Waals surface area contributed by atoms with E-state index in [4.69, 9.17) is 0 Å². The van der Waals surface area contributed by atoms with Crippen LogP contribution < -0.4 is 0 Å². The highest BCUT2D eigenvalue weighted by atomic mass is 19.1. The fourth-order valence-electron chi connectivity index (χ4n) is 3.05. The summed E-state index contributed by atoms with van der Waals surface area (Å²) < 4.78 is 14.4. The maximum Gasteiger partial charge on any atom is 0.164 e. The van der Waals surface area contributed by atoms with Gasteiger partial charge in [-0.1, -0.05) is 72.8 Å². The molecule has 0 saturated carbocycles. The Balaban J connectivity index is 1.80. The Bertz CT molecular complexity index is 1220. The van der Waals surface area contributed by atoms with E-state index in [1.165, 1.54) is 12.3 Å². The lowest BCUT2D eigenvalue weighted by atomic mass is 10.1. The molecule has 4 rings (SSSR count). The minimum absolute atomic E-state index is 0.357. The van der Waals surface area contributed by atoms with Crippen LogP contribution in [0.15, 0.2) is 108 Å². The van der Waals surface area contributed by atoms with Gasteiger partial charge >= 0.3 is 0 Å². The second-order valence-electron chi connectivity index (χ2n) is 6.92. The van der Waals surface area contributed by atoms with Crippen molar-refractivity contribution in [2.75, 3.05) is 0 Å². The first-order chi connectivity index (χ1) is 15.7. The molecule has 0 atom stereocenters. The van der Waals surface area contributed by atoms with Crippen molar-refractivity contribution in [3.63, 3.8) is 0 Å². The molecule has 5 heteroatoms. The summed E-state index contributed by atoms with van der Waals surface area (Å²) in [5.41, 5.74) is 2.80. The van der Waals surface area contributed by atoms with Crippen molar-refractivity contribution in [2.24, 2.45) is 4.99 Å². The zero-order valence-corrected chi connectivity index (χ0v) is 17.6. The molecule has 0 N–H and O–H groups in total. The van der Waals surface area contributed by atoms with Gasteiger partial charge in [0.2, 0.25) is 0 Å². The van der Waals surface area contributed by atoms with Gasteiger partial charge in [-0.15, -0.1) is 0 Å². The molecule has 32 heavy (non-hydrogen) atoms. The number of halogens is 1. The maximum atomic E-state index is 14.4. The van der Waals surface area contributed by atoms with E-state index in [-0.39, 0.29) is 5.82 Å². The third kappa shape index (κ3) is 5.08. The summed E-state index contributed by atoms with van der Waals surface area (Å²) in [4.78, 5) is 18.2. The van der Waals surface area contributed by atoms with E-state index in [0.717, 1.165) is 11.1 Å². The number of aromatic nitrogens is 3. The third-order valence-electron chi connectivity index (χ3n) is 4.64. The topological polar surface area (TPSA) is 51.0 Å². The van der Waals surface area contributed by atoms with Crippen LogP contribution in [0.4, 0.5) is 4.39 Å². The van der Waals surface area contributed by atoms with Gasteiger partial charge in [0.15, 0.2) is 17.5 Å². The van der Waals surface area contributed by atoms with Gasteiger partial charge in [0.25, 0.3) is 0 Å². The summed E-state index contributed by atoms with van der Waals surface area (Å²) in [6.07, 6.45) is 8.61. The van der Waals surface area contributed by atoms with Gasteiger partial charge in [-0.05, 0) is 31.2 Å². The molecule has 0 aliphatic carbocycles. The fourth-order valence-corrected chi connectivity index (χ4v) is 3.05. The molecular weight excluding hydrogens is 399 g/mol. The van der Waals surface area contributed by atoms with Gasteiger partial charge in [0, 0.05) is 34.7 Å². The molecular formula is C27H21FN4. The lowest BCUT2D eigenvalue weighted by Gasteiger charge is -2.09. The molecule has 156 valence electrons. The van der Waals surface area contributed by atoms with E-state index in [1.807, 2.05) is 79.7 Å². The molecule has 3 aromatic carbocycles. The molecule has 0 aliphatic heterocycles. The van der Waals surface area contributed by atoms with Crippen molar-refractivity contribution in [1.82, 2.24) is 15.0 Å². The number of allylic oxidation sites excluding steroid dienone is 3.